The summed E-state index contributed by atoms with van der Waals surface area (Å²) >= 11 is 0. The molecule has 0 atom stereocenters. The van der Waals surface area contributed by atoms with Gasteiger partial charge in [0.15, 0.2) is 5.65 Å². The fraction of sp³-hybridized carbons (Fsp3) is 0.333. The van der Waals surface area contributed by atoms with Crippen molar-refractivity contribution in [3.8, 4) is 0 Å². The largest absolute Gasteiger partial charge is 0.349 e. The van der Waals surface area contributed by atoms with Crippen LogP contribution in [0.15, 0.2) is 48.7 Å². The van der Waals surface area contributed by atoms with Gasteiger partial charge in [-0.2, -0.15) is 0 Å². The number of pyridine rings is 1. The van der Waals surface area contributed by atoms with E-state index in [1.54, 1.807) is 0 Å². The number of benzene rings is 1. The second-order valence-corrected chi connectivity index (χ2v) is 7.48. The Hall–Kier alpha value is -3.42. The van der Waals surface area contributed by atoms with Crippen LogP contribution in [0.25, 0.3) is 16.7 Å². The van der Waals surface area contributed by atoms with Gasteiger partial charge in [-0.15, -0.1) is 10.2 Å². The predicted octanol–water partition coefficient (Wildman–Crippen LogP) is 2.15. The van der Waals surface area contributed by atoms with Crippen molar-refractivity contribution in [3.63, 3.8) is 0 Å². The lowest BCUT2D eigenvalue weighted by molar-refractivity contribution is -0.125. The number of fused-ring (bicyclic) bond motifs is 2. The van der Waals surface area contributed by atoms with Gasteiger partial charge in [0, 0.05) is 32.3 Å². The van der Waals surface area contributed by atoms with Gasteiger partial charge in [-0.05, 0) is 37.1 Å². The third-order valence-corrected chi connectivity index (χ3v) is 5.74. The Balaban J connectivity index is 1.20. The van der Waals surface area contributed by atoms with Crippen LogP contribution in [0.3, 0.4) is 0 Å². The van der Waals surface area contributed by atoms with E-state index in [1.807, 2.05) is 64.7 Å². The summed E-state index contributed by atoms with van der Waals surface area (Å²) in [6.07, 6.45) is 3.58. The summed E-state index contributed by atoms with van der Waals surface area (Å²) in [6, 6.07) is 13.9. The molecule has 1 aliphatic rings. The zero-order valence-corrected chi connectivity index (χ0v) is 16.3. The molecule has 0 saturated carbocycles. The molecule has 0 spiro atoms. The SMILES string of the molecule is Cn1c(CNC(=O)C2CCN(c3nnc4ccccn34)CC2)nc2ccccc21. The molecular weight excluding hydrogens is 366 g/mol. The highest BCUT2D eigenvalue weighted by Gasteiger charge is 2.27. The van der Waals surface area contributed by atoms with E-state index < -0.39 is 0 Å². The van der Waals surface area contributed by atoms with E-state index in [9.17, 15) is 4.79 Å². The van der Waals surface area contributed by atoms with Gasteiger partial charge < -0.3 is 14.8 Å². The zero-order chi connectivity index (χ0) is 19.8. The highest BCUT2D eigenvalue weighted by Crippen LogP contribution is 2.23. The summed E-state index contributed by atoms with van der Waals surface area (Å²) in [5.74, 6) is 1.83. The molecule has 1 saturated heterocycles. The van der Waals surface area contributed by atoms with E-state index in [0.29, 0.717) is 6.54 Å². The van der Waals surface area contributed by atoms with Crippen LogP contribution < -0.4 is 10.2 Å². The number of carbonyl (C=O) groups is 1. The Labute approximate surface area is 168 Å². The first-order chi connectivity index (χ1) is 14.2. The number of piperidine rings is 1. The number of carbonyl (C=O) groups excluding carboxylic acids is 1. The van der Waals surface area contributed by atoms with E-state index in [2.05, 4.69) is 25.4 Å². The topological polar surface area (TPSA) is 80.4 Å². The molecule has 0 radical (unpaired) electrons. The first-order valence-electron chi connectivity index (χ1n) is 9.93. The second-order valence-electron chi connectivity index (χ2n) is 7.48. The number of rotatable bonds is 4. The Kier molecular flexibility index (Phi) is 4.38. The summed E-state index contributed by atoms with van der Waals surface area (Å²) in [5.41, 5.74) is 2.86. The van der Waals surface area contributed by atoms with Crippen molar-refractivity contribution in [2.75, 3.05) is 18.0 Å². The number of aryl methyl sites for hydroxylation is 1. The maximum absolute atomic E-state index is 12.7. The Morgan fingerprint density at radius 1 is 1.10 bits per heavy atom. The quantitative estimate of drug-likeness (QED) is 0.578. The van der Waals surface area contributed by atoms with Crippen molar-refractivity contribution in [2.45, 2.75) is 19.4 Å². The van der Waals surface area contributed by atoms with Gasteiger partial charge >= 0.3 is 0 Å². The van der Waals surface area contributed by atoms with Crippen molar-refractivity contribution in [1.29, 1.82) is 0 Å². The van der Waals surface area contributed by atoms with Crippen LogP contribution in [0.5, 0.6) is 0 Å². The molecule has 0 bridgehead atoms. The molecule has 5 rings (SSSR count). The molecule has 0 unspecified atom stereocenters. The van der Waals surface area contributed by atoms with Crippen molar-refractivity contribution >= 4 is 28.5 Å². The molecular formula is C21H23N7O. The summed E-state index contributed by atoms with van der Waals surface area (Å²) in [6.45, 7) is 2.03. The third-order valence-electron chi connectivity index (χ3n) is 5.74. The Bertz CT molecular complexity index is 1170. The number of nitrogens with zero attached hydrogens (tertiary/aromatic N) is 6. The van der Waals surface area contributed by atoms with E-state index in [1.165, 1.54) is 0 Å². The minimum absolute atomic E-state index is 0.0140. The fourth-order valence-electron chi connectivity index (χ4n) is 4.05. The molecule has 1 N–H and O–H groups in total. The highest BCUT2D eigenvalue weighted by molar-refractivity contribution is 5.79. The molecule has 1 aliphatic heterocycles. The lowest BCUT2D eigenvalue weighted by atomic mass is 9.96. The first-order valence-corrected chi connectivity index (χ1v) is 9.93. The summed E-state index contributed by atoms with van der Waals surface area (Å²) in [5, 5.41) is 11.6. The van der Waals surface area contributed by atoms with Crippen LogP contribution in [0.2, 0.25) is 0 Å². The molecule has 1 amide bonds. The molecule has 1 aromatic carbocycles. The normalized spacial score (nSPS) is 15.3. The van der Waals surface area contributed by atoms with E-state index in [4.69, 9.17) is 0 Å². The maximum atomic E-state index is 12.7. The Morgan fingerprint density at radius 3 is 2.72 bits per heavy atom. The predicted molar refractivity (Wildman–Crippen MR) is 110 cm³/mol. The molecule has 0 aliphatic carbocycles. The van der Waals surface area contributed by atoms with Gasteiger partial charge in [0.1, 0.15) is 5.82 Å². The van der Waals surface area contributed by atoms with Gasteiger partial charge in [-0.3, -0.25) is 9.20 Å². The number of amides is 1. The lowest BCUT2D eigenvalue weighted by Gasteiger charge is -2.31. The van der Waals surface area contributed by atoms with Crippen molar-refractivity contribution in [2.24, 2.45) is 13.0 Å². The third kappa shape index (κ3) is 3.20. The summed E-state index contributed by atoms with van der Waals surface area (Å²) in [7, 11) is 1.98. The molecule has 148 valence electrons. The standard InChI is InChI=1S/C21H23N7O/c1-26-17-7-3-2-6-16(17)23-19(26)14-22-20(29)15-9-12-27(13-10-15)21-25-24-18-8-4-5-11-28(18)21/h2-8,11,15H,9-10,12-14H2,1H3,(H,22,29). The number of aromatic nitrogens is 5. The molecule has 4 heterocycles. The molecule has 8 heteroatoms. The highest BCUT2D eigenvalue weighted by atomic mass is 16.1. The second kappa shape index (κ2) is 7.20. The molecule has 4 aromatic rings. The average Bonchev–Trinajstić information content (AvgIpc) is 3.34. The van der Waals surface area contributed by atoms with Crippen LogP contribution in [0.4, 0.5) is 5.95 Å². The minimum atomic E-state index is 0.0140. The van der Waals surface area contributed by atoms with Gasteiger partial charge in [-0.1, -0.05) is 18.2 Å². The Morgan fingerprint density at radius 2 is 1.90 bits per heavy atom. The number of hydrogen-bond acceptors (Lipinski definition) is 5. The van der Waals surface area contributed by atoms with Crippen molar-refractivity contribution < 1.29 is 4.79 Å². The monoisotopic (exact) mass is 389 g/mol. The zero-order valence-electron chi connectivity index (χ0n) is 16.3. The van der Waals surface area contributed by atoms with Gasteiger partial charge in [0.2, 0.25) is 11.9 Å². The maximum Gasteiger partial charge on any atom is 0.231 e. The summed E-state index contributed by atoms with van der Waals surface area (Å²) < 4.78 is 4.03. The van der Waals surface area contributed by atoms with Gasteiger partial charge in [-0.25, -0.2) is 4.98 Å². The van der Waals surface area contributed by atoms with Crippen molar-refractivity contribution in [1.82, 2.24) is 29.5 Å². The van der Waals surface area contributed by atoms with Gasteiger partial charge in [0.05, 0.1) is 17.6 Å². The van der Waals surface area contributed by atoms with Crippen LogP contribution in [-0.4, -0.2) is 43.1 Å². The van der Waals surface area contributed by atoms with E-state index in [-0.39, 0.29) is 11.8 Å². The first kappa shape index (κ1) is 17.7. The van der Waals surface area contributed by atoms with Crippen LogP contribution >= 0.6 is 0 Å². The van der Waals surface area contributed by atoms with Crippen molar-refractivity contribution in [3.05, 3.63) is 54.5 Å². The van der Waals surface area contributed by atoms with E-state index in [0.717, 1.165) is 54.4 Å². The summed E-state index contributed by atoms with van der Waals surface area (Å²) in [4.78, 5) is 19.5. The van der Waals surface area contributed by atoms with Crippen LogP contribution in [0.1, 0.15) is 18.7 Å². The molecule has 1 fully saturated rings. The number of hydrogen-bond donors (Lipinski definition) is 1. The van der Waals surface area contributed by atoms with E-state index >= 15 is 0 Å². The number of anilines is 1. The lowest BCUT2D eigenvalue weighted by Crippen LogP contribution is -2.41. The minimum Gasteiger partial charge on any atom is -0.349 e. The number of imidazole rings is 1. The molecule has 8 nitrogen and oxygen atoms in total. The molecule has 29 heavy (non-hydrogen) atoms. The van der Waals surface area contributed by atoms with Gasteiger partial charge in [0.25, 0.3) is 0 Å². The number of nitrogens with one attached hydrogen (secondary N) is 1. The number of para-hydroxylation sites is 2. The average molecular weight is 389 g/mol. The van der Waals surface area contributed by atoms with Crippen LogP contribution in [-0.2, 0) is 18.4 Å². The molecule has 3 aromatic heterocycles. The fourth-order valence-corrected chi connectivity index (χ4v) is 4.05. The van der Waals surface area contributed by atoms with Crippen LogP contribution in [0, 0.1) is 5.92 Å². The smallest absolute Gasteiger partial charge is 0.231 e.